The number of aromatic nitrogens is 2. The zero-order chi connectivity index (χ0) is 36.8. The summed E-state index contributed by atoms with van der Waals surface area (Å²) >= 11 is 6.15. The second-order valence-electron chi connectivity index (χ2n) is 10.9. The predicted octanol–water partition coefficient (Wildman–Crippen LogP) is 5.44. The summed E-state index contributed by atoms with van der Waals surface area (Å²) in [5.74, 6) is -3.93. The molecule has 3 heterocycles. The van der Waals surface area contributed by atoms with Gasteiger partial charge in [0.15, 0.2) is 11.5 Å². The fourth-order valence-corrected chi connectivity index (χ4v) is 5.13. The van der Waals surface area contributed by atoms with Crippen LogP contribution in [0.4, 0.5) is 30.7 Å². The number of nitrogens with one attached hydrogen (secondary N) is 1. The smallest absolute Gasteiger partial charge is 0.494 e. The highest BCUT2D eigenvalue weighted by molar-refractivity contribution is 6.31. The van der Waals surface area contributed by atoms with Crippen molar-refractivity contribution in [3.63, 3.8) is 0 Å². The molecular formula is C31H24ClF7N4O7. The number of primary amides is 1. The van der Waals surface area contributed by atoms with Crippen LogP contribution in [0.2, 0.25) is 5.02 Å². The minimum Gasteiger partial charge on any atom is -0.494 e. The molecule has 2 aromatic heterocycles. The molecule has 0 aliphatic carbocycles. The van der Waals surface area contributed by atoms with Gasteiger partial charge in [-0.3, -0.25) is 9.59 Å². The number of aliphatic hydroxyl groups is 1. The molecule has 1 aliphatic rings. The number of methoxy groups -OCH3 is 1. The summed E-state index contributed by atoms with van der Waals surface area (Å²) in [6, 6.07) is 7.28. The van der Waals surface area contributed by atoms with E-state index in [1.54, 1.807) is 6.92 Å². The fourth-order valence-electron chi connectivity index (χ4n) is 4.97. The molecule has 1 aliphatic heterocycles. The molecule has 0 bridgehead atoms. The number of fused-ring (bicyclic) bond motifs is 2. The maximum Gasteiger partial charge on any atom is 0.586 e. The van der Waals surface area contributed by atoms with Gasteiger partial charge in [0, 0.05) is 22.1 Å². The predicted molar refractivity (Wildman–Crippen MR) is 161 cm³/mol. The van der Waals surface area contributed by atoms with E-state index in [2.05, 4.69) is 19.4 Å². The van der Waals surface area contributed by atoms with Crippen molar-refractivity contribution >= 4 is 34.3 Å². The van der Waals surface area contributed by atoms with E-state index in [1.165, 1.54) is 25.3 Å². The molecule has 0 unspecified atom stereocenters. The number of carbonyl (C=O) groups is 2. The number of nitrogens with zero attached hydrogens (tertiary/aromatic N) is 2. The number of alkyl halides is 7. The molecule has 4 aromatic rings. The van der Waals surface area contributed by atoms with Gasteiger partial charge < -0.3 is 35.1 Å². The highest BCUT2D eigenvalue weighted by Crippen LogP contribution is 2.46. The van der Waals surface area contributed by atoms with Crippen LogP contribution in [0.3, 0.4) is 0 Å². The summed E-state index contributed by atoms with van der Waals surface area (Å²) in [7, 11) is 1.28. The number of benzene rings is 2. The van der Waals surface area contributed by atoms with Gasteiger partial charge in [-0.2, -0.15) is 13.2 Å². The molecule has 5 rings (SSSR count). The highest BCUT2D eigenvalue weighted by atomic mass is 35.5. The summed E-state index contributed by atoms with van der Waals surface area (Å²) in [6.07, 6.45) is -13.7. The lowest BCUT2D eigenvalue weighted by Gasteiger charge is -2.31. The van der Waals surface area contributed by atoms with Crippen molar-refractivity contribution in [1.82, 2.24) is 15.3 Å². The molecule has 0 spiro atoms. The quantitative estimate of drug-likeness (QED) is 0.171. The van der Waals surface area contributed by atoms with Crippen molar-refractivity contribution in [3.8, 4) is 34.3 Å². The molecule has 0 saturated heterocycles. The monoisotopic (exact) mass is 732 g/mol. The Hall–Kier alpha value is -5.10. The van der Waals surface area contributed by atoms with Gasteiger partial charge in [0.2, 0.25) is 11.5 Å². The highest BCUT2D eigenvalue weighted by Gasteiger charge is 2.57. The first-order valence-corrected chi connectivity index (χ1v) is 14.6. The summed E-state index contributed by atoms with van der Waals surface area (Å²) in [4.78, 5) is 33.3. The lowest BCUT2D eigenvalue weighted by molar-refractivity contribution is -0.286. The van der Waals surface area contributed by atoms with E-state index >= 15 is 0 Å². The van der Waals surface area contributed by atoms with E-state index in [0.29, 0.717) is 22.7 Å². The fraction of sp³-hybridized carbons (Fsp3) is 0.290. The first kappa shape index (κ1) is 36.2. The Morgan fingerprint density at radius 3 is 2.42 bits per heavy atom. The van der Waals surface area contributed by atoms with E-state index in [0.717, 1.165) is 18.2 Å². The number of rotatable bonds is 11. The normalized spacial score (nSPS) is 14.8. The molecule has 266 valence electrons. The molecule has 11 nitrogen and oxygen atoms in total. The van der Waals surface area contributed by atoms with Crippen LogP contribution >= 0.6 is 11.6 Å². The molecule has 19 heteroatoms. The number of aryl methyl sites for hydroxylation is 1. The standard InChI is InChI=1S/C31H24ClF7N4O7/c1-13-18(32)6-15-5-17(8-21(47-2)25(15)42-13)28(45)41-12-29(46,30(35,36)37)22-9-16(10-24(40)44)27(48-11-23(33)34)26(43-22)14-3-4-19-20(7-14)50-31(38,39)49-19/h3-9,23,46H,10-12H2,1-2H3,(H2,40,44)(H,41,45)/t29-/m0/s1. The number of carbonyl (C=O) groups excluding carboxylic acids is 2. The van der Waals surface area contributed by atoms with Crippen molar-refractivity contribution in [2.24, 2.45) is 5.73 Å². The summed E-state index contributed by atoms with van der Waals surface area (Å²) in [5.41, 5.74) is -1.01. The SMILES string of the molecule is COc1cc(C(=O)NC[C@](O)(c2cc(CC(N)=O)c(OCC(F)F)c(-c3ccc4c(c3)OC(F)(F)O4)n2)C(F)(F)F)cc2cc(Cl)c(C)nc12. The van der Waals surface area contributed by atoms with Crippen LogP contribution in [-0.4, -0.2) is 66.0 Å². The van der Waals surface area contributed by atoms with Crippen molar-refractivity contribution < 1.29 is 64.4 Å². The number of ether oxygens (including phenoxy) is 4. The van der Waals surface area contributed by atoms with Gasteiger partial charge in [-0.15, -0.1) is 8.78 Å². The van der Waals surface area contributed by atoms with Crippen LogP contribution in [0.15, 0.2) is 42.5 Å². The van der Waals surface area contributed by atoms with Crippen LogP contribution in [0.1, 0.15) is 27.3 Å². The third kappa shape index (κ3) is 7.25. The molecule has 4 N–H and O–H groups in total. The van der Waals surface area contributed by atoms with Crippen LogP contribution in [0, 0.1) is 6.92 Å². The summed E-state index contributed by atoms with van der Waals surface area (Å²) in [6.45, 7) is -1.29. The van der Waals surface area contributed by atoms with Gasteiger partial charge in [0.25, 0.3) is 12.3 Å². The zero-order valence-electron chi connectivity index (χ0n) is 25.6. The Bertz CT molecular complexity index is 2000. The first-order chi connectivity index (χ1) is 23.3. The van der Waals surface area contributed by atoms with Gasteiger partial charge in [0.05, 0.1) is 36.5 Å². The minimum atomic E-state index is -5.59. The largest absolute Gasteiger partial charge is 0.586 e. The van der Waals surface area contributed by atoms with Crippen LogP contribution in [0.25, 0.3) is 22.2 Å². The van der Waals surface area contributed by atoms with Gasteiger partial charge in [-0.25, -0.2) is 18.7 Å². The zero-order valence-corrected chi connectivity index (χ0v) is 26.4. The van der Waals surface area contributed by atoms with E-state index in [9.17, 15) is 45.4 Å². The van der Waals surface area contributed by atoms with Crippen LogP contribution in [0.5, 0.6) is 23.0 Å². The van der Waals surface area contributed by atoms with Crippen molar-refractivity contribution in [2.45, 2.75) is 37.8 Å². The Labute approximate surface area is 282 Å². The van der Waals surface area contributed by atoms with Gasteiger partial charge >= 0.3 is 12.5 Å². The Morgan fingerprint density at radius 2 is 1.78 bits per heavy atom. The molecular weight excluding hydrogens is 709 g/mol. The van der Waals surface area contributed by atoms with E-state index in [-0.39, 0.29) is 21.9 Å². The third-order valence-electron chi connectivity index (χ3n) is 7.33. The second kappa shape index (κ2) is 13.3. The van der Waals surface area contributed by atoms with Crippen molar-refractivity contribution in [3.05, 3.63) is 70.0 Å². The van der Waals surface area contributed by atoms with E-state index in [4.69, 9.17) is 26.8 Å². The topological polar surface area (TPSA) is 155 Å². The minimum absolute atomic E-state index is 0.0850. The Kier molecular flexibility index (Phi) is 9.64. The maximum absolute atomic E-state index is 14.8. The molecule has 0 fully saturated rings. The molecule has 1 atom stereocenters. The average Bonchev–Trinajstić information content (AvgIpc) is 3.34. The lowest BCUT2D eigenvalue weighted by Crippen LogP contribution is -2.51. The number of nitrogens with two attached hydrogens (primary N) is 1. The van der Waals surface area contributed by atoms with Crippen LogP contribution < -0.4 is 30.0 Å². The molecule has 50 heavy (non-hydrogen) atoms. The van der Waals surface area contributed by atoms with E-state index in [1.807, 2.05) is 5.32 Å². The second-order valence-corrected chi connectivity index (χ2v) is 11.3. The molecule has 0 radical (unpaired) electrons. The number of pyridine rings is 2. The van der Waals surface area contributed by atoms with Gasteiger partial charge in [-0.05, 0) is 49.4 Å². The molecule has 0 saturated carbocycles. The van der Waals surface area contributed by atoms with Crippen molar-refractivity contribution in [2.75, 3.05) is 20.3 Å². The third-order valence-corrected chi connectivity index (χ3v) is 7.72. The first-order valence-electron chi connectivity index (χ1n) is 14.2. The van der Waals surface area contributed by atoms with Gasteiger partial charge in [-0.1, -0.05) is 11.6 Å². The Balaban J connectivity index is 1.61. The van der Waals surface area contributed by atoms with Crippen LogP contribution in [-0.2, 0) is 16.8 Å². The summed E-state index contributed by atoms with van der Waals surface area (Å²) < 4.78 is 117. The van der Waals surface area contributed by atoms with Gasteiger partial charge in [0.1, 0.15) is 29.3 Å². The average molecular weight is 733 g/mol. The Morgan fingerprint density at radius 1 is 1.08 bits per heavy atom. The lowest BCUT2D eigenvalue weighted by atomic mass is 9.93. The van der Waals surface area contributed by atoms with Crippen molar-refractivity contribution in [1.29, 1.82) is 0 Å². The molecule has 2 amide bonds. The van der Waals surface area contributed by atoms with E-state index < -0.39 is 90.1 Å². The summed E-state index contributed by atoms with van der Waals surface area (Å²) in [5, 5.41) is 13.8. The number of amides is 2. The maximum atomic E-state index is 14.8. The number of hydrogen-bond acceptors (Lipinski definition) is 9. The number of hydrogen-bond donors (Lipinski definition) is 3. The number of halogens is 8. The molecule has 2 aromatic carbocycles.